The third-order valence-corrected chi connectivity index (χ3v) is 11.0. The zero-order chi connectivity index (χ0) is 38.0. The molecule has 0 aliphatic carbocycles. The number of unbranched alkanes of at least 4 members (excludes halogenated alkanes) is 2. The summed E-state index contributed by atoms with van der Waals surface area (Å²) in [5.41, 5.74) is 3.43. The molecule has 13 nitrogen and oxygen atoms in total. The largest absolute Gasteiger partial charge is 0.481 e. The van der Waals surface area contributed by atoms with Gasteiger partial charge in [0.1, 0.15) is 18.3 Å². The van der Waals surface area contributed by atoms with E-state index in [-0.39, 0.29) is 40.7 Å². The number of rotatable bonds is 14. The van der Waals surface area contributed by atoms with Gasteiger partial charge in [-0.25, -0.2) is 0 Å². The number of nitrogens with zero attached hydrogens (tertiary/aromatic N) is 3. The summed E-state index contributed by atoms with van der Waals surface area (Å²) in [6.07, 6.45) is 11.8. The number of non-ortho nitro benzene ring substituents is 2. The fourth-order valence-corrected chi connectivity index (χ4v) is 8.02. The second-order valence-corrected chi connectivity index (χ2v) is 15.7. The van der Waals surface area contributed by atoms with Crippen molar-refractivity contribution in [2.24, 2.45) is 0 Å². The fourth-order valence-electron chi connectivity index (χ4n) is 7.51. The highest BCUT2D eigenvalue weighted by Gasteiger charge is 2.48. The summed E-state index contributed by atoms with van der Waals surface area (Å²) in [5.74, 6) is -0.841. The molecule has 3 N–H and O–H groups in total. The Morgan fingerprint density at radius 2 is 1.58 bits per heavy atom. The first-order valence-electron chi connectivity index (χ1n) is 17.0. The number of para-hydroxylation sites is 1. The number of nitro groups is 2. The average Bonchev–Trinajstić information content (AvgIpc) is 3.41. The Hall–Kier alpha value is -5.18. The van der Waals surface area contributed by atoms with E-state index in [1.54, 1.807) is 6.07 Å². The van der Waals surface area contributed by atoms with Crippen molar-refractivity contribution in [2.75, 3.05) is 11.4 Å². The Kier molecular flexibility index (Phi) is 10.8. The van der Waals surface area contributed by atoms with E-state index in [4.69, 9.17) is 5.11 Å². The van der Waals surface area contributed by atoms with Crippen molar-refractivity contribution in [3.8, 4) is 0 Å². The summed E-state index contributed by atoms with van der Waals surface area (Å²) in [6, 6.07) is 16.1. The predicted molar refractivity (Wildman–Crippen MR) is 196 cm³/mol. The van der Waals surface area contributed by atoms with Gasteiger partial charge in [0, 0.05) is 53.0 Å². The van der Waals surface area contributed by atoms with Crippen LogP contribution in [0.5, 0.6) is 0 Å². The molecule has 0 aromatic heterocycles. The molecule has 0 radical (unpaired) electrons. The maximum Gasteiger partial charge on any atom is 0.303 e. The van der Waals surface area contributed by atoms with Gasteiger partial charge in [0.2, 0.25) is 0 Å². The van der Waals surface area contributed by atoms with Crippen molar-refractivity contribution in [3.63, 3.8) is 0 Å². The topological polar surface area (TPSA) is 186 Å². The van der Waals surface area contributed by atoms with E-state index in [9.17, 15) is 38.0 Å². The first-order valence-corrected chi connectivity index (χ1v) is 18.4. The Balaban J connectivity index is 1.45. The maximum atomic E-state index is 12.0. The van der Waals surface area contributed by atoms with Crippen LogP contribution in [-0.2, 0) is 32.3 Å². The van der Waals surface area contributed by atoms with Crippen LogP contribution in [0, 0.1) is 20.2 Å². The number of carboxylic acid groups (broad SMARTS) is 1. The van der Waals surface area contributed by atoms with Crippen LogP contribution in [0.15, 0.2) is 102 Å². The standard InChI is InChI=1S/C38H42N4O9S/c1-37(2)30-13-10-11-14-32(30)40(25-26-21-27(41(45)46)23-28(22-26)42(47)48)35(37)16-8-5-7-15-34-38(3,4)31-24-29(52(49,50)51)18-19-33(31)39(34)20-12-6-9-17-36(43)44/h5,7-8,10-11,13-16,18-19,21-24,35H,6,9,12,17,20,25H2,1-4H3,(H,43,44)(H,49,50,51)/p+1/b7-5+,16-8+,34-15-. The molecule has 0 bridgehead atoms. The quantitative estimate of drug-likeness (QED) is 0.0539. The van der Waals surface area contributed by atoms with E-state index in [0.29, 0.717) is 31.4 Å². The summed E-state index contributed by atoms with van der Waals surface area (Å²) in [4.78, 5) is 35.9. The van der Waals surface area contributed by atoms with Crippen molar-refractivity contribution in [1.29, 1.82) is 0 Å². The SMILES string of the molecule is CC1(C)/C(=C/C=C/C=C/C2[NH+](Cc3cc([N+](=O)[O-])cc([N+](=O)[O-])c3)c3ccccc3C2(C)C)N(CCCCCC(=O)O)c2ccc(S(=O)(=O)O)cc21. The lowest BCUT2D eigenvalue weighted by molar-refractivity contribution is -0.864. The molecular formula is C38H43N4O9S+. The molecule has 3 aromatic rings. The number of allylic oxidation sites excluding steroid dienone is 5. The van der Waals surface area contributed by atoms with E-state index in [1.165, 1.54) is 24.3 Å². The van der Waals surface area contributed by atoms with Gasteiger partial charge in [-0.3, -0.25) is 34.5 Å². The molecule has 0 fully saturated rings. The van der Waals surface area contributed by atoms with Crippen molar-refractivity contribution in [1.82, 2.24) is 0 Å². The zero-order valence-electron chi connectivity index (χ0n) is 29.5. The van der Waals surface area contributed by atoms with Crippen LogP contribution in [0.2, 0.25) is 0 Å². The number of nitrogens with one attached hydrogen (secondary N) is 1. The number of hydrogen-bond donors (Lipinski definition) is 3. The molecule has 274 valence electrons. The van der Waals surface area contributed by atoms with Gasteiger partial charge in [0.05, 0.1) is 26.2 Å². The number of carbonyl (C=O) groups is 1. The third-order valence-electron chi connectivity index (χ3n) is 10.1. The molecule has 2 aliphatic rings. The van der Waals surface area contributed by atoms with Gasteiger partial charge in [-0.05, 0) is 68.7 Å². The molecule has 0 spiro atoms. The lowest BCUT2D eigenvalue weighted by atomic mass is 9.80. The molecule has 0 amide bonds. The number of fused-ring (bicyclic) bond motifs is 2. The minimum Gasteiger partial charge on any atom is -0.481 e. The number of carboxylic acids is 1. The summed E-state index contributed by atoms with van der Waals surface area (Å²) in [7, 11) is -4.42. The van der Waals surface area contributed by atoms with Crippen molar-refractivity contribution < 1.29 is 37.6 Å². The molecule has 0 saturated carbocycles. The van der Waals surface area contributed by atoms with E-state index in [0.717, 1.165) is 39.2 Å². The van der Waals surface area contributed by atoms with Crippen molar-refractivity contribution in [3.05, 3.63) is 134 Å². The van der Waals surface area contributed by atoms with Gasteiger partial charge in [0.25, 0.3) is 21.5 Å². The van der Waals surface area contributed by atoms with Crippen LogP contribution in [0.1, 0.15) is 70.1 Å². The molecule has 2 unspecified atom stereocenters. The predicted octanol–water partition coefficient (Wildman–Crippen LogP) is 6.57. The van der Waals surface area contributed by atoms with Crippen LogP contribution in [0.3, 0.4) is 0 Å². The van der Waals surface area contributed by atoms with E-state index >= 15 is 0 Å². The second kappa shape index (κ2) is 14.8. The molecule has 2 heterocycles. The van der Waals surface area contributed by atoms with E-state index < -0.39 is 31.3 Å². The number of benzene rings is 3. The lowest BCUT2D eigenvalue weighted by Gasteiger charge is -2.27. The average molecular weight is 732 g/mol. The zero-order valence-corrected chi connectivity index (χ0v) is 30.3. The van der Waals surface area contributed by atoms with Gasteiger partial charge >= 0.3 is 5.97 Å². The summed E-state index contributed by atoms with van der Waals surface area (Å²) in [5, 5.41) is 32.2. The minimum absolute atomic E-state index is 0.0881. The molecule has 14 heteroatoms. The molecule has 0 saturated heterocycles. The number of hydrogen-bond acceptors (Lipinski definition) is 8. The summed E-state index contributed by atoms with van der Waals surface area (Å²) in [6.45, 7) is 9.09. The Morgan fingerprint density at radius 1 is 0.904 bits per heavy atom. The molecule has 52 heavy (non-hydrogen) atoms. The highest BCUT2D eigenvalue weighted by molar-refractivity contribution is 7.85. The Morgan fingerprint density at radius 3 is 2.21 bits per heavy atom. The first-order chi connectivity index (χ1) is 24.4. The number of nitro benzene ring substituents is 2. The van der Waals surface area contributed by atoms with E-state index in [1.807, 2.05) is 56.4 Å². The molecule has 2 atom stereocenters. The van der Waals surface area contributed by atoms with Gasteiger partial charge in [-0.1, -0.05) is 56.7 Å². The van der Waals surface area contributed by atoms with Crippen molar-refractivity contribution in [2.45, 2.75) is 81.7 Å². The number of quaternary nitrogens is 1. The van der Waals surface area contributed by atoms with Crippen LogP contribution in [0.25, 0.3) is 0 Å². The van der Waals surface area contributed by atoms with Crippen LogP contribution >= 0.6 is 0 Å². The monoisotopic (exact) mass is 731 g/mol. The summed E-state index contributed by atoms with van der Waals surface area (Å²) >= 11 is 0. The van der Waals surface area contributed by atoms with Gasteiger partial charge < -0.3 is 10.0 Å². The Labute approximate surface area is 302 Å². The third kappa shape index (κ3) is 7.83. The van der Waals surface area contributed by atoms with Gasteiger partial charge in [-0.2, -0.15) is 8.42 Å². The maximum absolute atomic E-state index is 12.0. The van der Waals surface area contributed by atoms with Gasteiger partial charge in [-0.15, -0.1) is 0 Å². The lowest BCUT2D eigenvalue weighted by Crippen LogP contribution is -3.09. The number of anilines is 1. The van der Waals surface area contributed by atoms with Crippen LogP contribution in [-0.4, -0.2) is 46.5 Å². The van der Waals surface area contributed by atoms with Crippen LogP contribution in [0.4, 0.5) is 22.7 Å². The Bertz CT molecular complexity index is 2070. The van der Waals surface area contributed by atoms with Gasteiger partial charge in [0.15, 0.2) is 0 Å². The fraction of sp³-hybridized carbons (Fsp3) is 0.342. The normalized spacial score (nSPS) is 19.7. The molecular weight excluding hydrogens is 689 g/mol. The molecule has 3 aromatic carbocycles. The number of aliphatic carboxylic acids is 1. The van der Waals surface area contributed by atoms with Crippen LogP contribution < -0.4 is 9.80 Å². The highest BCUT2D eigenvalue weighted by Crippen LogP contribution is 2.48. The second-order valence-electron chi connectivity index (χ2n) is 14.3. The van der Waals surface area contributed by atoms with Crippen molar-refractivity contribution >= 4 is 38.8 Å². The highest BCUT2D eigenvalue weighted by atomic mass is 32.2. The molecule has 2 aliphatic heterocycles. The summed E-state index contributed by atoms with van der Waals surface area (Å²) < 4.78 is 33.7. The minimum atomic E-state index is -4.42. The first kappa shape index (κ1) is 38.1. The van der Waals surface area contributed by atoms with E-state index in [2.05, 4.69) is 30.9 Å². The smallest absolute Gasteiger partial charge is 0.303 e. The molecule has 5 rings (SSSR count).